The molecule has 0 radical (unpaired) electrons. The van der Waals surface area contributed by atoms with Gasteiger partial charge >= 0.3 is 0 Å². The highest BCUT2D eigenvalue weighted by Crippen LogP contribution is 2.40. The average molecular weight is 287 g/mol. The summed E-state index contributed by atoms with van der Waals surface area (Å²) >= 11 is 0. The number of nitrogens with zero attached hydrogens (tertiary/aromatic N) is 4. The van der Waals surface area contributed by atoms with Crippen LogP contribution in [0.2, 0.25) is 0 Å². The molecule has 0 aromatic carbocycles. The molecule has 0 spiro atoms. The number of aryl methyl sites for hydroxylation is 1. The van der Waals surface area contributed by atoms with Crippen LogP contribution in [0.1, 0.15) is 65.4 Å². The van der Waals surface area contributed by atoms with Crippen molar-refractivity contribution in [2.24, 2.45) is 0 Å². The second kappa shape index (κ2) is 4.68. The molecule has 4 rings (SSSR count). The van der Waals surface area contributed by atoms with Gasteiger partial charge in [0.1, 0.15) is 0 Å². The molecule has 21 heavy (non-hydrogen) atoms. The number of hydrogen-bond acceptors (Lipinski definition) is 5. The zero-order chi connectivity index (χ0) is 14.4. The Bertz CT molecular complexity index is 672. The van der Waals surface area contributed by atoms with Gasteiger partial charge < -0.3 is 9.42 Å². The number of likely N-dealkylation sites (tertiary alicyclic amines) is 1. The van der Waals surface area contributed by atoms with Crippen LogP contribution in [0, 0.1) is 6.92 Å². The predicted molar refractivity (Wildman–Crippen MR) is 72.6 cm³/mol. The van der Waals surface area contributed by atoms with Crippen LogP contribution in [-0.2, 0) is 0 Å². The summed E-state index contributed by atoms with van der Waals surface area (Å²) < 4.78 is 5.33. The molecule has 2 fully saturated rings. The molecule has 7 nitrogen and oxygen atoms in total. The number of hydrogen-bond donors (Lipinski definition) is 1. The number of H-pyrrole nitrogens is 1. The maximum Gasteiger partial charge on any atom is 0.257 e. The standard InChI is InChI=1S/C14H17N5O2/c1-8-10(7-15-17-8)14(20)19-6-2-3-11(19)12-16-13(21-18-12)9-4-5-9/h7,9,11H,2-6H2,1H3,(H,15,17)/t11-/m0/s1. The molecule has 0 bridgehead atoms. The Hall–Kier alpha value is -2.18. The Morgan fingerprint density at radius 3 is 3.00 bits per heavy atom. The van der Waals surface area contributed by atoms with Gasteiger partial charge in [-0.1, -0.05) is 5.16 Å². The Morgan fingerprint density at radius 2 is 2.29 bits per heavy atom. The van der Waals surface area contributed by atoms with Crippen LogP contribution in [0.25, 0.3) is 0 Å². The molecule has 1 atom stereocenters. The summed E-state index contributed by atoms with van der Waals surface area (Å²) in [4.78, 5) is 19.0. The van der Waals surface area contributed by atoms with Gasteiger partial charge in [0.15, 0.2) is 5.82 Å². The molecule has 1 saturated heterocycles. The molecule has 2 aromatic heterocycles. The van der Waals surface area contributed by atoms with Crippen molar-refractivity contribution in [3.63, 3.8) is 0 Å². The van der Waals surface area contributed by atoms with Crippen molar-refractivity contribution in [1.82, 2.24) is 25.2 Å². The Balaban J connectivity index is 1.59. The van der Waals surface area contributed by atoms with Gasteiger partial charge in [-0.05, 0) is 32.6 Å². The van der Waals surface area contributed by atoms with Crippen molar-refractivity contribution < 1.29 is 9.32 Å². The molecule has 0 unspecified atom stereocenters. The van der Waals surface area contributed by atoms with Crippen LogP contribution < -0.4 is 0 Å². The molecule has 110 valence electrons. The van der Waals surface area contributed by atoms with Crippen LogP contribution in [-0.4, -0.2) is 37.7 Å². The first-order valence-electron chi connectivity index (χ1n) is 7.38. The maximum atomic E-state index is 12.6. The summed E-state index contributed by atoms with van der Waals surface area (Å²) in [5.41, 5.74) is 1.41. The molecular formula is C14H17N5O2. The molecule has 1 saturated carbocycles. The highest BCUT2D eigenvalue weighted by atomic mass is 16.5. The zero-order valence-corrected chi connectivity index (χ0v) is 11.9. The fourth-order valence-corrected chi connectivity index (χ4v) is 2.88. The predicted octanol–water partition coefficient (Wildman–Crippen LogP) is 1.96. The molecule has 2 aliphatic rings. The Kier molecular flexibility index (Phi) is 2.80. The van der Waals surface area contributed by atoms with Gasteiger partial charge in [-0.25, -0.2) is 0 Å². The molecule has 1 aliphatic carbocycles. The van der Waals surface area contributed by atoms with Crippen molar-refractivity contribution >= 4 is 5.91 Å². The van der Waals surface area contributed by atoms with Crippen LogP contribution in [0.15, 0.2) is 10.7 Å². The fourth-order valence-electron chi connectivity index (χ4n) is 2.88. The lowest BCUT2D eigenvalue weighted by molar-refractivity contribution is 0.0727. The van der Waals surface area contributed by atoms with Crippen LogP contribution >= 0.6 is 0 Å². The largest absolute Gasteiger partial charge is 0.339 e. The Labute approximate surface area is 121 Å². The second-order valence-electron chi connectivity index (χ2n) is 5.83. The molecular weight excluding hydrogens is 270 g/mol. The van der Waals surface area contributed by atoms with Crippen molar-refractivity contribution in [3.8, 4) is 0 Å². The average Bonchev–Trinajstić information content (AvgIpc) is 2.94. The quantitative estimate of drug-likeness (QED) is 0.932. The fraction of sp³-hybridized carbons (Fsp3) is 0.571. The first-order chi connectivity index (χ1) is 10.2. The van der Waals surface area contributed by atoms with Gasteiger partial charge in [-0.15, -0.1) is 0 Å². The number of nitrogens with one attached hydrogen (secondary N) is 1. The van der Waals surface area contributed by atoms with E-state index in [0.717, 1.165) is 43.8 Å². The van der Waals surface area contributed by atoms with E-state index in [1.807, 2.05) is 11.8 Å². The van der Waals surface area contributed by atoms with E-state index >= 15 is 0 Å². The van der Waals surface area contributed by atoms with Gasteiger partial charge in [0.05, 0.1) is 17.8 Å². The number of aromatic nitrogens is 4. The van der Waals surface area contributed by atoms with E-state index in [9.17, 15) is 4.79 Å². The number of rotatable bonds is 3. The van der Waals surface area contributed by atoms with Crippen LogP contribution in [0.4, 0.5) is 0 Å². The minimum atomic E-state index is -0.0805. The monoisotopic (exact) mass is 287 g/mol. The number of amides is 1. The summed E-state index contributed by atoms with van der Waals surface area (Å²) in [5.74, 6) is 1.79. The van der Waals surface area contributed by atoms with Gasteiger partial charge in [-0.3, -0.25) is 9.89 Å². The number of aromatic amines is 1. The molecule has 1 N–H and O–H groups in total. The SMILES string of the molecule is Cc1[nH]ncc1C(=O)N1CCC[C@H]1c1noc(C2CC2)n1. The third-order valence-corrected chi connectivity index (χ3v) is 4.26. The minimum Gasteiger partial charge on any atom is -0.339 e. The highest BCUT2D eigenvalue weighted by Gasteiger charge is 2.36. The molecule has 1 aliphatic heterocycles. The van der Waals surface area contributed by atoms with E-state index in [4.69, 9.17) is 4.52 Å². The maximum absolute atomic E-state index is 12.6. The second-order valence-corrected chi connectivity index (χ2v) is 5.83. The molecule has 7 heteroatoms. The lowest BCUT2D eigenvalue weighted by Gasteiger charge is -2.21. The van der Waals surface area contributed by atoms with Crippen molar-refractivity contribution in [1.29, 1.82) is 0 Å². The third-order valence-electron chi connectivity index (χ3n) is 4.26. The smallest absolute Gasteiger partial charge is 0.257 e. The lowest BCUT2D eigenvalue weighted by Crippen LogP contribution is -2.31. The number of carbonyl (C=O) groups is 1. The van der Waals surface area contributed by atoms with Gasteiger partial charge in [0.2, 0.25) is 5.89 Å². The van der Waals surface area contributed by atoms with Crippen molar-refractivity contribution in [2.45, 2.75) is 44.6 Å². The highest BCUT2D eigenvalue weighted by molar-refractivity contribution is 5.95. The summed E-state index contributed by atoms with van der Waals surface area (Å²) in [6, 6.07) is -0.0805. The van der Waals surface area contributed by atoms with E-state index < -0.39 is 0 Å². The van der Waals surface area contributed by atoms with E-state index in [-0.39, 0.29) is 11.9 Å². The summed E-state index contributed by atoms with van der Waals surface area (Å²) in [7, 11) is 0. The van der Waals surface area contributed by atoms with Crippen molar-refractivity contribution in [2.75, 3.05) is 6.54 Å². The van der Waals surface area contributed by atoms with E-state index in [0.29, 0.717) is 17.3 Å². The van der Waals surface area contributed by atoms with E-state index in [2.05, 4.69) is 20.3 Å². The molecule has 3 heterocycles. The molecule has 2 aromatic rings. The third kappa shape index (κ3) is 2.12. The van der Waals surface area contributed by atoms with Gasteiger partial charge in [0.25, 0.3) is 5.91 Å². The summed E-state index contributed by atoms with van der Waals surface area (Å²) in [6.45, 7) is 2.58. The normalized spacial score (nSPS) is 22.0. The zero-order valence-electron chi connectivity index (χ0n) is 11.9. The van der Waals surface area contributed by atoms with Crippen LogP contribution in [0.5, 0.6) is 0 Å². The van der Waals surface area contributed by atoms with Gasteiger partial charge in [-0.2, -0.15) is 10.1 Å². The topological polar surface area (TPSA) is 87.9 Å². The van der Waals surface area contributed by atoms with Crippen molar-refractivity contribution in [3.05, 3.63) is 29.2 Å². The minimum absolute atomic E-state index is 0.0125. The lowest BCUT2D eigenvalue weighted by atomic mass is 10.2. The molecule has 1 amide bonds. The Morgan fingerprint density at radius 1 is 1.43 bits per heavy atom. The van der Waals surface area contributed by atoms with Gasteiger partial charge in [0, 0.05) is 18.2 Å². The summed E-state index contributed by atoms with van der Waals surface area (Å²) in [6.07, 6.45) is 5.68. The first kappa shape index (κ1) is 12.6. The number of carbonyl (C=O) groups excluding carboxylic acids is 1. The first-order valence-corrected chi connectivity index (χ1v) is 7.38. The van der Waals surface area contributed by atoms with Crippen LogP contribution in [0.3, 0.4) is 0 Å². The summed E-state index contributed by atoms with van der Waals surface area (Å²) in [5, 5.41) is 10.8. The van der Waals surface area contributed by atoms with E-state index in [1.165, 1.54) is 0 Å². The van der Waals surface area contributed by atoms with E-state index in [1.54, 1.807) is 6.20 Å².